The van der Waals surface area contributed by atoms with E-state index in [1.807, 2.05) is 6.92 Å². The molecule has 2 N–H and O–H groups in total. The highest BCUT2D eigenvalue weighted by molar-refractivity contribution is 5.86. The molecular weight excluding hydrogens is 336 g/mol. The Hall–Kier alpha value is -3.22. The van der Waals surface area contributed by atoms with Gasteiger partial charge < -0.3 is 14.2 Å². The quantitative estimate of drug-likeness (QED) is 0.765. The van der Waals surface area contributed by atoms with Gasteiger partial charge in [-0.1, -0.05) is 6.07 Å². The van der Waals surface area contributed by atoms with E-state index in [4.69, 9.17) is 14.2 Å². The fourth-order valence-corrected chi connectivity index (χ4v) is 2.16. The minimum atomic E-state index is -0.512. The molecule has 0 atom stereocenters. The summed E-state index contributed by atoms with van der Waals surface area (Å²) in [5, 5.41) is 5.29. The summed E-state index contributed by atoms with van der Waals surface area (Å²) in [7, 11) is 0. The van der Waals surface area contributed by atoms with Crippen molar-refractivity contribution in [3.8, 4) is 11.5 Å². The summed E-state index contributed by atoms with van der Waals surface area (Å²) < 4.78 is 15.6. The number of nitrogens with one attached hydrogen (secondary N) is 2. The lowest BCUT2D eigenvalue weighted by molar-refractivity contribution is 0.167. The van der Waals surface area contributed by atoms with Crippen molar-refractivity contribution in [1.29, 1.82) is 0 Å². The smallest absolute Gasteiger partial charge is 0.411 e. The molecule has 0 heterocycles. The molecule has 0 radical (unpaired) electrons. The molecule has 0 saturated heterocycles. The zero-order valence-corrected chi connectivity index (χ0v) is 15.0. The zero-order chi connectivity index (χ0) is 18.9. The first-order valence-electron chi connectivity index (χ1n) is 8.28. The summed E-state index contributed by atoms with van der Waals surface area (Å²) in [6, 6.07) is 12.2. The maximum atomic E-state index is 11.6. The molecule has 0 aliphatic carbocycles. The Labute approximate surface area is 152 Å². The van der Waals surface area contributed by atoms with Crippen molar-refractivity contribution in [2.75, 3.05) is 23.8 Å². The van der Waals surface area contributed by atoms with Crippen LogP contribution in [0.2, 0.25) is 0 Å². The average molecular weight is 358 g/mol. The maximum Gasteiger partial charge on any atom is 0.411 e. The Bertz CT molecular complexity index is 759. The van der Waals surface area contributed by atoms with Gasteiger partial charge in [0.05, 0.1) is 18.9 Å². The van der Waals surface area contributed by atoms with Gasteiger partial charge in [-0.3, -0.25) is 10.6 Å². The molecule has 2 rings (SSSR count). The van der Waals surface area contributed by atoms with Gasteiger partial charge in [-0.25, -0.2) is 9.59 Å². The highest BCUT2D eigenvalue weighted by atomic mass is 16.6. The molecule has 2 amide bonds. The van der Waals surface area contributed by atoms with Crippen molar-refractivity contribution in [2.45, 2.75) is 20.8 Å². The Morgan fingerprint density at radius 3 is 2.12 bits per heavy atom. The van der Waals surface area contributed by atoms with E-state index in [9.17, 15) is 9.59 Å². The highest BCUT2D eigenvalue weighted by Crippen LogP contribution is 2.30. The molecule has 7 nitrogen and oxygen atoms in total. The summed E-state index contributed by atoms with van der Waals surface area (Å²) >= 11 is 0. The van der Waals surface area contributed by atoms with Crippen LogP contribution in [0.4, 0.5) is 21.0 Å². The monoisotopic (exact) mass is 358 g/mol. The fourth-order valence-electron chi connectivity index (χ4n) is 2.16. The van der Waals surface area contributed by atoms with Crippen LogP contribution in [0.1, 0.15) is 19.4 Å². The molecule has 7 heteroatoms. The van der Waals surface area contributed by atoms with Crippen LogP contribution in [-0.2, 0) is 9.47 Å². The van der Waals surface area contributed by atoms with Crippen LogP contribution in [-0.4, -0.2) is 25.4 Å². The van der Waals surface area contributed by atoms with Crippen LogP contribution >= 0.6 is 0 Å². The summed E-state index contributed by atoms with van der Waals surface area (Å²) in [5.41, 5.74) is 1.99. The average Bonchev–Trinajstić information content (AvgIpc) is 2.60. The lowest BCUT2D eigenvalue weighted by Gasteiger charge is -2.13. The molecule has 2 aromatic carbocycles. The van der Waals surface area contributed by atoms with E-state index in [1.54, 1.807) is 56.3 Å². The number of carbonyl (C=O) groups is 2. The number of hydrogen-bond donors (Lipinski definition) is 2. The molecule has 0 aromatic heterocycles. The van der Waals surface area contributed by atoms with Crippen molar-refractivity contribution in [2.24, 2.45) is 0 Å². The zero-order valence-electron chi connectivity index (χ0n) is 15.0. The normalized spacial score (nSPS) is 9.96. The van der Waals surface area contributed by atoms with Crippen molar-refractivity contribution in [1.82, 2.24) is 0 Å². The van der Waals surface area contributed by atoms with Gasteiger partial charge in [0.15, 0.2) is 0 Å². The molecular formula is C19H22N2O5. The van der Waals surface area contributed by atoms with Crippen molar-refractivity contribution < 1.29 is 23.8 Å². The Kier molecular flexibility index (Phi) is 6.84. The van der Waals surface area contributed by atoms with E-state index in [0.717, 1.165) is 5.56 Å². The molecule has 138 valence electrons. The third kappa shape index (κ3) is 5.41. The van der Waals surface area contributed by atoms with Gasteiger partial charge in [0.25, 0.3) is 0 Å². The van der Waals surface area contributed by atoms with E-state index < -0.39 is 12.2 Å². The Morgan fingerprint density at radius 1 is 0.885 bits per heavy atom. The van der Waals surface area contributed by atoms with E-state index >= 15 is 0 Å². The molecule has 0 unspecified atom stereocenters. The van der Waals surface area contributed by atoms with Crippen LogP contribution in [0.15, 0.2) is 42.5 Å². The van der Waals surface area contributed by atoms with Crippen LogP contribution in [0, 0.1) is 6.92 Å². The second-order valence-electron chi connectivity index (χ2n) is 5.25. The number of benzene rings is 2. The predicted molar refractivity (Wildman–Crippen MR) is 99.0 cm³/mol. The Balaban J connectivity index is 2.06. The lowest BCUT2D eigenvalue weighted by atomic mass is 10.2. The second kappa shape index (κ2) is 9.31. The van der Waals surface area contributed by atoms with E-state index in [2.05, 4.69) is 10.6 Å². The number of hydrogen-bond acceptors (Lipinski definition) is 5. The largest absolute Gasteiger partial charge is 0.457 e. The van der Waals surface area contributed by atoms with Crippen LogP contribution in [0.5, 0.6) is 11.5 Å². The first-order chi connectivity index (χ1) is 12.5. The van der Waals surface area contributed by atoms with Gasteiger partial charge in [0.1, 0.15) is 11.5 Å². The maximum absolute atomic E-state index is 11.6. The van der Waals surface area contributed by atoms with Crippen molar-refractivity contribution in [3.63, 3.8) is 0 Å². The summed E-state index contributed by atoms with van der Waals surface area (Å²) in [5.74, 6) is 1.20. The van der Waals surface area contributed by atoms with E-state index in [-0.39, 0.29) is 0 Å². The Morgan fingerprint density at radius 2 is 1.50 bits per heavy atom. The van der Waals surface area contributed by atoms with Crippen molar-refractivity contribution in [3.05, 3.63) is 48.0 Å². The van der Waals surface area contributed by atoms with Gasteiger partial charge in [-0.15, -0.1) is 0 Å². The lowest BCUT2D eigenvalue weighted by Crippen LogP contribution is -2.14. The minimum Gasteiger partial charge on any atom is -0.457 e. The van der Waals surface area contributed by atoms with Crippen LogP contribution < -0.4 is 15.4 Å². The molecule has 26 heavy (non-hydrogen) atoms. The van der Waals surface area contributed by atoms with Gasteiger partial charge in [-0.2, -0.15) is 0 Å². The third-order valence-corrected chi connectivity index (χ3v) is 3.40. The van der Waals surface area contributed by atoms with Gasteiger partial charge in [0.2, 0.25) is 0 Å². The molecule has 0 bridgehead atoms. The van der Waals surface area contributed by atoms with Gasteiger partial charge in [0, 0.05) is 11.3 Å². The first kappa shape index (κ1) is 19.1. The highest BCUT2D eigenvalue weighted by Gasteiger charge is 2.10. The third-order valence-electron chi connectivity index (χ3n) is 3.40. The van der Waals surface area contributed by atoms with Crippen LogP contribution in [0.25, 0.3) is 0 Å². The number of carbonyl (C=O) groups excluding carboxylic acids is 2. The first-order valence-corrected chi connectivity index (χ1v) is 8.28. The number of ether oxygens (including phenoxy) is 3. The number of anilines is 2. The van der Waals surface area contributed by atoms with Crippen molar-refractivity contribution >= 4 is 23.6 Å². The fraction of sp³-hybridized carbons (Fsp3) is 0.263. The molecule has 0 aliphatic rings. The topological polar surface area (TPSA) is 85.9 Å². The van der Waals surface area contributed by atoms with E-state index in [0.29, 0.717) is 36.1 Å². The molecule has 0 fully saturated rings. The molecule has 0 aliphatic heterocycles. The van der Waals surface area contributed by atoms with Gasteiger partial charge in [-0.05, 0) is 57.2 Å². The summed E-state index contributed by atoms with van der Waals surface area (Å²) in [6.07, 6.45) is -1.02. The number of rotatable bonds is 6. The van der Waals surface area contributed by atoms with Crippen LogP contribution in [0.3, 0.4) is 0 Å². The molecule has 0 spiro atoms. The summed E-state index contributed by atoms with van der Waals surface area (Å²) in [6.45, 7) is 5.93. The molecule has 2 aromatic rings. The predicted octanol–water partition coefficient (Wildman–Crippen LogP) is 4.92. The summed E-state index contributed by atoms with van der Waals surface area (Å²) in [4.78, 5) is 23.0. The minimum absolute atomic E-state index is 0.299. The standard InChI is InChI=1S/C19H22N2O5/c1-4-24-18(22)20-14-9-11-15(12-10-14)26-17-8-6-7-16(13(17)3)21-19(23)25-5-2/h6-12H,4-5H2,1-3H3,(H,20,22)(H,21,23). The second-order valence-corrected chi connectivity index (χ2v) is 5.25. The number of amides is 2. The molecule has 0 saturated carbocycles. The SMILES string of the molecule is CCOC(=O)Nc1ccc(Oc2cccc(NC(=O)OCC)c2C)cc1. The van der Waals surface area contributed by atoms with E-state index in [1.165, 1.54) is 0 Å². The van der Waals surface area contributed by atoms with Gasteiger partial charge >= 0.3 is 12.2 Å².